The minimum atomic E-state index is 0.533. The second-order valence-electron chi connectivity index (χ2n) is 5.96. The van der Waals surface area contributed by atoms with E-state index in [9.17, 15) is 0 Å². The first kappa shape index (κ1) is 15.1. The van der Waals surface area contributed by atoms with Gasteiger partial charge in [-0.2, -0.15) is 0 Å². The van der Waals surface area contributed by atoms with E-state index < -0.39 is 0 Å². The fraction of sp³-hybridized carbons (Fsp3) is 0.556. The fourth-order valence-corrected chi connectivity index (χ4v) is 2.95. The van der Waals surface area contributed by atoms with E-state index in [1.807, 2.05) is 6.92 Å². The van der Waals surface area contributed by atoms with Gasteiger partial charge in [0, 0.05) is 25.2 Å². The molecule has 1 heterocycles. The van der Waals surface area contributed by atoms with E-state index in [4.69, 9.17) is 0 Å². The number of rotatable bonds is 4. The third-order valence-corrected chi connectivity index (χ3v) is 4.09. The molecule has 20 heavy (non-hydrogen) atoms. The molecule has 1 aliphatic heterocycles. The third-order valence-electron chi connectivity index (χ3n) is 4.09. The molecule has 1 fully saturated rings. The summed E-state index contributed by atoms with van der Waals surface area (Å²) in [5.74, 6) is 6.93. The summed E-state index contributed by atoms with van der Waals surface area (Å²) in [5.41, 5.74) is 1.41. The second kappa shape index (κ2) is 7.47. The largest absolute Gasteiger partial charge is 0.311 e. The van der Waals surface area contributed by atoms with Crippen LogP contribution in [0.15, 0.2) is 30.3 Å². The van der Waals surface area contributed by atoms with E-state index >= 15 is 0 Å². The van der Waals surface area contributed by atoms with E-state index in [1.54, 1.807) is 0 Å². The van der Waals surface area contributed by atoms with Crippen molar-refractivity contribution in [2.24, 2.45) is 5.92 Å². The van der Waals surface area contributed by atoms with Gasteiger partial charge in [-0.3, -0.25) is 4.90 Å². The molecule has 0 aliphatic carbocycles. The molecule has 0 bridgehead atoms. The van der Waals surface area contributed by atoms with Gasteiger partial charge in [0.15, 0.2) is 0 Å². The molecule has 2 rings (SSSR count). The van der Waals surface area contributed by atoms with Gasteiger partial charge in [-0.25, -0.2) is 0 Å². The summed E-state index contributed by atoms with van der Waals surface area (Å²) in [7, 11) is 0. The Hall–Kier alpha value is -1.30. The predicted molar refractivity (Wildman–Crippen MR) is 85.6 cm³/mol. The van der Waals surface area contributed by atoms with Gasteiger partial charge in [0.25, 0.3) is 0 Å². The first-order chi connectivity index (χ1) is 9.70. The van der Waals surface area contributed by atoms with Crippen LogP contribution in [0.4, 0.5) is 0 Å². The van der Waals surface area contributed by atoms with Crippen LogP contribution < -0.4 is 5.32 Å². The van der Waals surface area contributed by atoms with Crippen LogP contribution in [0.2, 0.25) is 0 Å². The van der Waals surface area contributed by atoms with E-state index in [2.05, 4.69) is 66.2 Å². The maximum Gasteiger partial charge on any atom is 0.0604 e. The molecule has 2 atom stereocenters. The number of piperazine rings is 1. The maximum atomic E-state index is 3.72. The van der Waals surface area contributed by atoms with Crippen molar-refractivity contribution in [1.82, 2.24) is 10.2 Å². The molecular formula is C18H26N2. The smallest absolute Gasteiger partial charge is 0.0604 e. The van der Waals surface area contributed by atoms with Gasteiger partial charge in [0.1, 0.15) is 0 Å². The summed E-state index contributed by atoms with van der Waals surface area (Å²) in [6.45, 7) is 9.58. The highest BCUT2D eigenvalue weighted by atomic mass is 15.2. The van der Waals surface area contributed by atoms with E-state index in [1.165, 1.54) is 5.56 Å². The Bertz CT molecular complexity index is 455. The zero-order valence-corrected chi connectivity index (χ0v) is 12.9. The van der Waals surface area contributed by atoms with Gasteiger partial charge < -0.3 is 5.32 Å². The zero-order valence-electron chi connectivity index (χ0n) is 12.9. The van der Waals surface area contributed by atoms with Gasteiger partial charge in [-0.05, 0) is 24.8 Å². The van der Waals surface area contributed by atoms with E-state index in [0.717, 1.165) is 26.1 Å². The summed E-state index contributed by atoms with van der Waals surface area (Å²) in [5, 5.41) is 3.72. The Labute approximate surface area is 123 Å². The summed E-state index contributed by atoms with van der Waals surface area (Å²) in [6, 6.07) is 11.9. The molecule has 2 heteroatoms. The maximum absolute atomic E-state index is 3.72. The standard InChI is InChI=1S/C18H26N2/c1-4-5-11-20-14-17(19-13-18(20)15(2)3)12-16-9-7-6-8-10-16/h6-10,15,17-19H,11-14H2,1-3H3. The van der Waals surface area contributed by atoms with E-state index in [-0.39, 0.29) is 0 Å². The molecule has 1 saturated heterocycles. The van der Waals surface area contributed by atoms with Gasteiger partial charge in [-0.1, -0.05) is 50.1 Å². The molecule has 108 valence electrons. The first-order valence-corrected chi connectivity index (χ1v) is 7.61. The normalized spacial score (nSPS) is 23.4. The molecule has 2 unspecified atom stereocenters. The molecule has 0 saturated carbocycles. The van der Waals surface area contributed by atoms with Crippen molar-refractivity contribution in [3.63, 3.8) is 0 Å². The Kier molecular flexibility index (Phi) is 5.64. The number of nitrogens with one attached hydrogen (secondary N) is 1. The Balaban J connectivity index is 1.98. The highest BCUT2D eigenvalue weighted by Gasteiger charge is 2.29. The van der Waals surface area contributed by atoms with Gasteiger partial charge in [0.05, 0.1) is 6.54 Å². The van der Waals surface area contributed by atoms with Crippen LogP contribution in [0.25, 0.3) is 0 Å². The van der Waals surface area contributed by atoms with Gasteiger partial charge in [0.2, 0.25) is 0 Å². The van der Waals surface area contributed by atoms with Crippen LogP contribution in [0.1, 0.15) is 26.3 Å². The molecule has 1 aliphatic rings. The highest BCUT2D eigenvalue weighted by molar-refractivity contribution is 5.16. The summed E-state index contributed by atoms with van der Waals surface area (Å²) < 4.78 is 0. The molecule has 0 aromatic heterocycles. The topological polar surface area (TPSA) is 15.3 Å². The van der Waals surface area contributed by atoms with Gasteiger partial charge in [-0.15, -0.1) is 5.92 Å². The molecule has 1 aromatic rings. The van der Waals surface area contributed by atoms with Crippen molar-refractivity contribution in [2.45, 2.75) is 39.3 Å². The predicted octanol–water partition coefficient (Wildman–Crippen LogP) is 2.55. The number of nitrogens with zero attached hydrogens (tertiary/aromatic N) is 1. The highest BCUT2D eigenvalue weighted by Crippen LogP contribution is 2.16. The minimum Gasteiger partial charge on any atom is -0.311 e. The fourth-order valence-electron chi connectivity index (χ4n) is 2.95. The monoisotopic (exact) mass is 270 g/mol. The molecule has 0 spiro atoms. The molecule has 2 nitrogen and oxygen atoms in total. The summed E-state index contributed by atoms with van der Waals surface area (Å²) >= 11 is 0. The van der Waals surface area contributed by atoms with Gasteiger partial charge >= 0.3 is 0 Å². The minimum absolute atomic E-state index is 0.533. The summed E-state index contributed by atoms with van der Waals surface area (Å²) in [6.07, 6.45) is 1.10. The lowest BCUT2D eigenvalue weighted by Crippen LogP contribution is -2.58. The number of benzene rings is 1. The van der Waals surface area contributed by atoms with Crippen LogP contribution in [-0.4, -0.2) is 36.6 Å². The lowest BCUT2D eigenvalue weighted by atomic mass is 9.96. The SMILES string of the molecule is CC#CCN1CC(Cc2ccccc2)NCC1C(C)C. The number of hydrogen-bond donors (Lipinski definition) is 1. The lowest BCUT2D eigenvalue weighted by molar-refractivity contribution is 0.113. The molecular weight excluding hydrogens is 244 g/mol. The quantitative estimate of drug-likeness (QED) is 0.846. The van der Waals surface area contributed by atoms with Crippen molar-refractivity contribution in [3.8, 4) is 11.8 Å². The Morgan fingerprint density at radius 3 is 2.70 bits per heavy atom. The first-order valence-electron chi connectivity index (χ1n) is 7.61. The average molecular weight is 270 g/mol. The van der Waals surface area contributed by atoms with Crippen LogP contribution in [0.3, 0.4) is 0 Å². The van der Waals surface area contributed by atoms with Crippen LogP contribution >= 0.6 is 0 Å². The van der Waals surface area contributed by atoms with Crippen molar-refractivity contribution >= 4 is 0 Å². The molecule has 0 radical (unpaired) electrons. The Morgan fingerprint density at radius 1 is 1.30 bits per heavy atom. The average Bonchev–Trinajstić information content (AvgIpc) is 2.46. The number of hydrogen-bond acceptors (Lipinski definition) is 2. The third kappa shape index (κ3) is 4.10. The molecule has 1 N–H and O–H groups in total. The Morgan fingerprint density at radius 2 is 2.05 bits per heavy atom. The van der Waals surface area contributed by atoms with Crippen molar-refractivity contribution in [2.75, 3.05) is 19.6 Å². The second-order valence-corrected chi connectivity index (χ2v) is 5.96. The van der Waals surface area contributed by atoms with E-state index in [0.29, 0.717) is 18.0 Å². The lowest BCUT2D eigenvalue weighted by Gasteiger charge is -2.41. The van der Waals surface area contributed by atoms with Crippen LogP contribution in [-0.2, 0) is 6.42 Å². The van der Waals surface area contributed by atoms with Crippen molar-refractivity contribution in [1.29, 1.82) is 0 Å². The van der Waals surface area contributed by atoms with Crippen LogP contribution in [0, 0.1) is 17.8 Å². The molecule has 0 amide bonds. The molecule has 1 aromatic carbocycles. The van der Waals surface area contributed by atoms with Crippen LogP contribution in [0.5, 0.6) is 0 Å². The zero-order chi connectivity index (χ0) is 14.4. The van der Waals surface area contributed by atoms with Crippen molar-refractivity contribution in [3.05, 3.63) is 35.9 Å². The summed E-state index contributed by atoms with van der Waals surface area (Å²) in [4.78, 5) is 2.55. The van der Waals surface area contributed by atoms with Crippen molar-refractivity contribution < 1.29 is 0 Å².